The summed E-state index contributed by atoms with van der Waals surface area (Å²) in [6.07, 6.45) is 1.55. The molecule has 0 atom stereocenters. The van der Waals surface area contributed by atoms with Crippen LogP contribution in [-0.4, -0.2) is 24.8 Å². The minimum absolute atomic E-state index is 0.159. The minimum Gasteiger partial charge on any atom is -0.382 e. The first-order valence-electron chi connectivity index (χ1n) is 5.43. The van der Waals surface area contributed by atoms with Gasteiger partial charge in [-0.05, 0) is 17.5 Å². The van der Waals surface area contributed by atoms with Crippen molar-refractivity contribution in [2.45, 2.75) is 0 Å². The van der Waals surface area contributed by atoms with Crippen LogP contribution >= 0.6 is 11.3 Å². The molecule has 0 aliphatic carbocycles. The summed E-state index contributed by atoms with van der Waals surface area (Å²) >= 11 is 1.42. The molecule has 2 rings (SSSR count). The lowest BCUT2D eigenvalue weighted by atomic mass is 10.1. The molecule has 0 fully saturated rings. The van der Waals surface area contributed by atoms with Gasteiger partial charge in [0.15, 0.2) is 0 Å². The van der Waals surface area contributed by atoms with E-state index in [0.29, 0.717) is 4.88 Å². The van der Waals surface area contributed by atoms with Crippen LogP contribution in [0.5, 0.6) is 0 Å². The van der Waals surface area contributed by atoms with Gasteiger partial charge in [-0.15, -0.1) is 11.3 Å². The Kier molecular flexibility index (Phi) is 3.45. The van der Waals surface area contributed by atoms with E-state index in [-0.39, 0.29) is 11.4 Å². The third kappa shape index (κ3) is 2.41. The maximum Gasteiger partial charge on any atom is 0.214 e. The molecule has 0 radical (unpaired) electrons. The lowest BCUT2D eigenvalue weighted by molar-refractivity contribution is 0.104. The molecule has 90 valence electrons. The quantitative estimate of drug-likeness (QED) is 0.481. The largest absolute Gasteiger partial charge is 0.382 e. The highest BCUT2D eigenvalue weighted by Gasteiger charge is 2.15. The fraction of sp³-hybridized carbons (Fsp3) is 0.143. The number of nitriles is 1. The zero-order valence-electron chi connectivity index (χ0n) is 10.2. The summed E-state index contributed by atoms with van der Waals surface area (Å²) < 4.78 is 1.06. The van der Waals surface area contributed by atoms with Gasteiger partial charge in [0, 0.05) is 25.0 Å². The standard InChI is InChI=1S/C14H12N2OS/c1-16(2)9-11(8-15)14(17)13-7-10-5-3-4-6-12(10)18-13/h3-7,9H,1-2H3/b11-9+. The number of thiophene rings is 1. The van der Waals surface area contributed by atoms with Gasteiger partial charge in [0.05, 0.1) is 4.88 Å². The van der Waals surface area contributed by atoms with Crippen LogP contribution in [0.4, 0.5) is 0 Å². The van der Waals surface area contributed by atoms with Crippen molar-refractivity contribution < 1.29 is 4.79 Å². The first-order valence-corrected chi connectivity index (χ1v) is 6.25. The molecule has 0 aliphatic rings. The molecule has 1 aromatic carbocycles. The van der Waals surface area contributed by atoms with E-state index in [1.807, 2.05) is 36.4 Å². The van der Waals surface area contributed by atoms with Crippen molar-refractivity contribution in [2.75, 3.05) is 14.1 Å². The number of rotatable bonds is 3. The van der Waals surface area contributed by atoms with E-state index in [4.69, 9.17) is 5.26 Å². The molecule has 0 saturated carbocycles. The average molecular weight is 256 g/mol. The monoisotopic (exact) mass is 256 g/mol. The fourth-order valence-electron chi connectivity index (χ4n) is 1.62. The van der Waals surface area contributed by atoms with Gasteiger partial charge in [-0.3, -0.25) is 4.79 Å². The van der Waals surface area contributed by atoms with E-state index >= 15 is 0 Å². The topological polar surface area (TPSA) is 44.1 Å². The Morgan fingerprint density at radius 1 is 1.39 bits per heavy atom. The fourth-order valence-corrected chi connectivity index (χ4v) is 2.64. The number of fused-ring (bicyclic) bond motifs is 1. The molecule has 0 unspecified atom stereocenters. The van der Waals surface area contributed by atoms with Crippen molar-refractivity contribution in [1.29, 1.82) is 5.26 Å². The van der Waals surface area contributed by atoms with Gasteiger partial charge in [-0.2, -0.15) is 5.26 Å². The van der Waals surface area contributed by atoms with Crippen LogP contribution in [0.15, 0.2) is 42.1 Å². The van der Waals surface area contributed by atoms with Crippen LogP contribution < -0.4 is 0 Å². The normalized spacial score (nSPS) is 11.3. The zero-order chi connectivity index (χ0) is 13.1. The SMILES string of the molecule is CN(C)/C=C(\C#N)C(=O)c1cc2ccccc2s1. The first kappa shape index (κ1) is 12.3. The van der Waals surface area contributed by atoms with Gasteiger partial charge in [-0.25, -0.2) is 0 Å². The van der Waals surface area contributed by atoms with E-state index in [1.165, 1.54) is 11.3 Å². The van der Waals surface area contributed by atoms with Crippen LogP contribution in [0.1, 0.15) is 9.67 Å². The number of carbonyl (C=O) groups is 1. The van der Waals surface area contributed by atoms with Crippen molar-refractivity contribution in [3.05, 3.63) is 47.0 Å². The van der Waals surface area contributed by atoms with E-state index in [9.17, 15) is 4.79 Å². The Labute approximate surface area is 110 Å². The molecule has 0 spiro atoms. The van der Waals surface area contributed by atoms with Gasteiger partial charge in [0.25, 0.3) is 0 Å². The molecule has 0 amide bonds. The number of Topliss-reactive ketones (excluding diaryl/α,β-unsaturated/α-hetero) is 1. The smallest absolute Gasteiger partial charge is 0.214 e. The predicted molar refractivity (Wildman–Crippen MR) is 73.5 cm³/mol. The minimum atomic E-state index is -0.215. The zero-order valence-corrected chi connectivity index (χ0v) is 11.0. The van der Waals surface area contributed by atoms with Gasteiger partial charge >= 0.3 is 0 Å². The molecule has 0 aliphatic heterocycles. The van der Waals surface area contributed by atoms with Crippen LogP contribution in [-0.2, 0) is 0 Å². The second-order valence-electron chi connectivity index (χ2n) is 4.10. The molecule has 18 heavy (non-hydrogen) atoms. The Morgan fingerprint density at radius 2 is 2.11 bits per heavy atom. The number of allylic oxidation sites excluding steroid dienone is 1. The molecule has 1 aromatic heterocycles. The molecule has 2 aromatic rings. The molecule has 1 heterocycles. The number of nitrogens with zero attached hydrogens (tertiary/aromatic N) is 2. The number of carbonyl (C=O) groups excluding carboxylic acids is 1. The van der Waals surface area contributed by atoms with Crippen molar-refractivity contribution in [3.63, 3.8) is 0 Å². The summed E-state index contributed by atoms with van der Waals surface area (Å²) in [5.41, 5.74) is 0.159. The lowest BCUT2D eigenvalue weighted by Crippen LogP contribution is -2.07. The summed E-state index contributed by atoms with van der Waals surface area (Å²) in [6, 6.07) is 11.6. The van der Waals surface area contributed by atoms with E-state index in [2.05, 4.69) is 0 Å². The number of hydrogen-bond donors (Lipinski definition) is 0. The van der Waals surface area contributed by atoms with Gasteiger partial charge in [0.1, 0.15) is 11.6 Å². The molecule has 4 heteroatoms. The Hall–Kier alpha value is -2.12. The molecule has 0 N–H and O–H groups in total. The van der Waals surface area contributed by atoms with Crippen LogP contribution in [0.3, 0.4) is 0 Å². The van der Waals surface area contributed by atoms with Crippen LogP contribution in [0, 0.1) is 11.3 Å². The van der Waals surface area contributed by atoms with Crippen molar-refractivity contribution in [3.8, 4) is 6.07 Å². The molecular weight excluding hydrogens is 244 g/mol. The first-order chi connectivity index (χ1) is 8.61. The number of benzene rings is 1. The third-order valence-corrected chi connectivity index (χ3v) is 3.52. The summed E-state index contributed by atoms with van der Waals surface area (Å²) in [5.74, 6) is -0.215. The molecule has 0 bridgehead atoms. The Morgan fingerprint density at radius 3 is 2.72 bits per heavy atom. The van der Waals surface area contributed by atoms with Crippen molar-refractivity contribution in [2.24, 2.45) is 0 Å². The number of hydrogen-bond acceptors (Lipinski definition) is 4. The van der Waals surface area contributed by atoms with Gasteiger partial charge in [0.2, 0.25) is 5.78 Å². The van der Waals surface area contributed by atoms with Gasteiger partial charge in [-0.1, -0.05) is 18.2 Å². The maximum atomic E-state index is 12.2. The average Bonchev–Trinajstić information content (AvgIpc) is 2.78. The molecule has 3 nitrogen and oxygen atoms in total. The van der Waals surface area contributed by atoms with Crippen LogP contribution in [0.25, 0.3) is 10.1 Å². The molecular formula is C14H12N2OS. The number of ketones is 1. The Balaban J connectivity index is 2.42. The second kappa shape index (κ2) is 5.03. The summed E-state index contributed by atoms with van der Waals surface area (Å²) in [5, 5.41) is 10.1. The maximum absolute atomic E-state index is 12.2. The highest BCUT2D eigenvalue weighted by molar-refractivity contribution is 7.21. The van der Waals surface area contributed by atoms with E-state index < -0.39 is 0 Å². The highest BCUT2D eigenvalue weighted by atomic mass is 32.1. The van der Waals surface area contributed by atoms with E-state index in [1.54, 1.807) is 25.2 Å². The van der Waals surface area contributed by atoms with Crippen molar-refractivity contribution >= 4 is 27.2 Å². The van der Waals surface area contributed by atoms with Crippen LogP contribution in [0.2, 0.25) is 0 Å². The van der Waals surface area contributed by atoms with Crippen molar-refractivity contribution in [1.82, 2.24) is 4.90 Å². The Bertz CT molecular complexity index is 629. The third-order valence-electron chi connectivity index (χ3n) is 2.40. The second-order valence-corrected chi connectivity index (χ2v) is 5.18. The summed E-state index contributed by atoms with van der Waals surface area (Å²) in [7, 11) is 3.57. The predicted octanol–water partition coefficient (Wildman–Crippen LogP) is 3.05. The lowest BCUT2D eigenvalue weighted by Gasteiger charge is -2.04. The highest BCUT2D eigenvalue weighted by Crippen LogP contribution is 2.27. The summed E-state index contributed by atoms with van der Waals surface area (Å²) in [6.45, 7) is 0. The summed E-state index contributed by atoms with van der Waals surface area (Å²) in [4.78, 5) is 14.5. The van der Waals surface area contributed by atoms with E-state index in [0.717, 1.165) is 10.1 Å². The van der Waals surface area contributed by atoms with Gasteiger partial charge < -0.3 is 4.90 Å². The molecule has 0 saturated heterocycles.